The van der Waals surface area contributed by atoms with E-state index >= 15 is 0 Å². The summed E-state index contributed by atoms with van der Waals surface area (Å²) in [5.74, 6) is 0.954. The van der Waals surface area contributed by atoms with Crippen molar-refractivity contribution in [1.82, 2.24) is 9.80 Å². The molecule has 4 heteroatoms. The quantitative estimate of drug-likeness (QED) is 0.660. The predicted molar refractivity (Wildman–Crippen MR) is 131 cm³/mol. The van der Waals surface area contributed by atoms with Crippen molar-refractivity contribution in [2.24, 2.45) is 0 Å². The maximum absolute atomic E-state index is 13.7. The Balaban J connectivity index is 1.38. The third-order valence-corrected chi connectivity index (χ3v) is 8.21. The van der Waals surface area contributed by atoms with E-state index in [2.05, 4.69) is 89.2 Å². The fraction of sp³-hybridized carbons (Fsp3) is 0.536. The second-order valence-electron chi connectivity index (χ2n) is 10.2. The Bertz CT molecular complexity index is 905. The number of anilines is 1. The highest BCUT2D eigenvalue weighted by molar-refractivity contribution is 5.93. The maximum atomic E-state index is 13.7. The number of para-hydroxylation sites is 1. The zero-order valence-electron chi connectivity index (χ0n) is 19.6. The van der Waals surface area contributed by atoms with Crippen LogP contribution in [0.4, 0.5) is 5.69 Å². The molecule has 1 saturated carbocycles. The van der Waals surface area contributed by atoms with Crippen LogP contribution in [-0.4, -0.2) is 53.1 Å². The molecule has 0 bridgehead atoms. The van der Waals surface area contributed by atoms with Crippen molar-refractivity contribution in [2.75, 3.05) is 24.7 Å². The van der Waals surface area contributed by atoms with E-state index < -0.39 is 0 Å². The molecule has 2 atom stereocenters. The smallest absolute Gasteiger partial charge is 0.250 e. The fourth-order valence-electron chi connectivity index (χ4n) is 6.42. The minimum atomic E-state index is -0.390. The van der Waals surface area contributed by atoms with Gasteiger partial charge in [-0.2, -0.15) is 0 Å². The molecule has 170 valence electrons. The summed E-state index contributed by atoms with van der Waals surface area (Å²) in [6, 6.07) is 22.5. The molecule has 1 amide bonds. The lowest BCUT2D eigenvalue weighted by molar-refractivity contribution is -0.135. The molecule has 0 aromatic heterocycles. The Morgan fingerprint density at radius 3 is 2.16 bits per heavy atom. The Morgan fingerprint density at radius 2 is 1.50 bits per heavy atom. The molecule has 2 heterocycles. The van der Waals surface area contributed by atoms with Crippen LogP contribution in [0.3, 0.4) is 0 Å². The van der Waals surface area contributed by atoms with Gasteiger partial charge in [0.25, 0.3) is 0 Å². The molecule has 0 N–H and O–H groups in total. The number of benzene rings is 2. The highest BCUT2D eigenvalue weighted by Crippen LogP contribution is 2.43. The van der Waals surface area contributed by atoms with Crippen LogP contribution < -0.4 is 4.90 Å². The van der Waals surface area contributed by atoms with Crippen molar-refractivity contribution in [1.29, 1.82) is 0 Å². The van der Waals surface area contributed by atoms with E-state index in [-0.39, 0.29) is 11.6 Å². The van der Waals surface area contributed by atoms with Crippen LogP contribution in [0.15, 0.2) is 60.7 Å². The van der Waals surface area contributed by atoms with E-state index in [1.165, 1.54) is 36.9 Å². The lowest BCUT2D eigenvalue weighted by Gasteiger charge is -2.48. The predicted octanol–water partition coefficient (Wildman–Crippen LogP) is 5.26. The first-order valence-corrected chi connectivity index (χ1v) is 12.5. The molecular formula is C28H37N3O. The van der Waals surface area contributed by atoms with Crippen LogP contribution >= 0.6 is 0 Å². The second kappa shape index (κ2) is 8.90. The van der Waals surface area contributed by atoms with Crippen molar-refractivity contribution in [3.63, 3.8) is 0 Å². The van der Waals surface area contributed by atoms with Crippen LogP contribution in [-0.2, 0) is 4.79 Å². The number of rotatable bonds is 4. The van der Waals surface area contributed by atoms with Crippen LogP contribution in [0, 0.1) is 0 Å². The van der Waals surface area contributed by atoms with Crippen molar-refractivity contribution in [2.45, 2.75) is 75.9 Å². The summed E-state index contributed by atoms with van der Waals surface area (Å²) in [4.78, 5) is 20.9. The van der Waals surface area contributed by atoms with Gasteiger partial charge in [-0.1, -0.05) is 61.4 Å². The summed E-state index contributed by atoms with van der Waals surface area (Å²) >= 11 is 0. The highest BCUT2D eigenvalue weighted by Gasteiger charge is 2.54. The van der Waals surface area contributed by atoms with E-state index in [9.17, 15) is 4.79 Å². The van der Waals surface area contributed by atoms with Crippen LogP contribution in [0.2, 0.25) is 0 Å². The van der Waals surface area contributed by atoms with Gasteiger partial charge in [0, 0.05) is 30.9 Å². The molecule has 1 aliphatic carbocycles. The van der Waals surface area contributed by atoms with Crippen LogP contribution in [0.25, 0.3) is 0 Å². The summed E-state index contributed by atoms with van der Waals surface area (Å²) in [6.45, 7) is 7.00. The number of nitrogens with zero attached hydrogens (tertiary/aromatic N) is 3. The normalized spacial score (nSPS) is 26.3. The molecule has 32 heavy (non-hydrogen) atoms. The molecule has 1 spiro atoms. The van der Waals surface area contributed by atoms with Gasteiger partial charge in [-0.3, -0.25) is 9.69 Å². The Kier molecular flexibility index (Phi) is 5.98. The summed E-state index contributed by atoms with van der Waals surface area (Å²) in [5.41, 5.74) is 2.28. The van der Waals surface area contributed by atoms with Gasteiger partial charge in [0.1, 0.15) is 5.54 Å². The van der Waals surface area contributed by atoms with Gasteiger partial charge in [-0.05, 0) is 63.1 Å². The Labute approximate surface area is 193 Å². The van der Waals surface area contributed by atoms with Gasteiger partial charge >= 0.3 is 0 Å². The van der Waals surface area contributed by atoms with Gasteiger partial charge in [0.05, 0.1) is 6.67 Å². The molecular weight excluding hydrogens is 394 g/mol. The lowest BCUT2D eigenvalue weighted by Crippen LogP contribution is -2.58. The molecule has 0 radical (unpaired) electrons. The molecule has 2 aliphatic heterocycles. The Morgan fingerprint density at radius 1 is 0.875 bits per heavy atom. The molecule has 2 aromatic carbocycles. The largest absolute Gasteiger partial charge is 0.339 e. The Hall–Kier alpha value is -2.33. The number of hydrogen-bond donors (Lipinski definition) is 0. The first kappa shape index (κ1) is 21.5. The van der Waals surface area contributed by atoms with Crippen LogP contribution in [0.5, 0.6) is 0 Å². The minimum absolute atomic E-state index is 0.229. The summed E-state index contributed by atoms with van der Waals surface area (Å²) < 4.78 is 0. The zero-order chi connectivity index (χ0) is 22.1. The average Bonchev–Trinajstić information content (AvgIpc) is 3.13. The number of carbonyl (C=O) groups is 1. The molecule has 2 unspecified atom stereocenters. The molecule has 5 rings (SSSR count). The topological polar surface area (TPSA) is 26.8 Å². The number of hydrogen-bond acceptors (Lipinski definition) is 3. The number of amides is 1. The summed E-state index contributed by atoms with van der Waals surface area (Å²) in [5, 5.41) is 0. The van der Waals surface area contributed by atoms with Crippen molar-refractivity contribution >= 4 is 11.6 Å². The first-order chi connectivity index (χ1) is 15.6. The average molecular weight is 432 g/mol. The van der Waals surface area contributed by atoms with E-state index in [1.54, 1.807) is 0 Å². The molecule has 4 nitrogen and oxygen atoms in total. The van der Waals surface area contributed by atoms with Gasteiger partial charge in [0.15, 0.2) is 0 Å². The van der Waals surface area contributed by atoms with E-state index in [4.69, 9.17) is 0 Å². The minimum Gasteiger partial charge on any atom is -0.339 e. The van der Waals surface area contributed by atoms with Gasteiger partial charge in [-0.15, -0.1) is 0 Å². The van der Waals surface area contributed by atoms with E-state index in [0.717, 1.165) is 25.9 Å². The third kappa shape index (κ3) is 3.73. The van der Waals surface area contributed by atoms with Crippen molar-refractivity contribution in [3.05, 3.63) is 66.2 Å². The lowest BCUT2D eigenvalue weighted by atomic mass is 9.77. The van der Waals surface area contributed by atoms with Crippen LogP contribution in [0.1, 0.15) is 63.9 Å². The number of carbonyl (C=O) groups excluding carboxylic acids is 1. The first-order valence-electron chi connectivity index (χ1n) is 12.5. The summed E-state index contributed by atoms with van der Waals surface area (Å²) in [7, 11) is 0. The third-order valence-electron chi connectivity index (χ3n) is 8.21. The van der Waals surface area contributed by atoms with Gasteiger partial charge in [-0.25, -0.2) is 0 Å². The SMILES string of the molecule is CC(C)N1CN(c2ccccc2)C2(CCN(C3CCCCC3c3ccccc3)CC2)C1=O. The maximum Gasteiger partial charge on any atom is 0.250 e. The monoisotopic (exact) mass is 431 g/mol. The van der Waals surface area contributed by atoms with Crippen molar-refractivity contribution in [3.8, 4) is 0 Å². The summed E-state index contributed by atoms with van der Waals surface area (Å²) in [6.07, 6.45) is 7.06. The highest BCUT2D eigenvalue weighted by atomic mass is 16.2. The van der Waals surface area contributed by atoms with Crippen molar-refractivity contribution < 1.29 is 4.79 Å². The fourth-order valence-corrected chi connectivity index (χ4v) is 6.42. The number of likely N-dealkylation sites (tertiary alicyclic amines) is 1. The molecule has 3 fully saturated rings. The molecule has 2 aromatic rings. The second-order valence-corrected chi connectivity index (χ2v) is 10.2. The number of piperidine rings is 1. The zero-order valence-corrected chi connectivity index (χ0v) is 19.6. The van der Waals surface area contributed by atoms with E-state index in [0.29, 0.717) is 24.5 Å². The molecule has 2 saturated heterocycles. The van der Waals surface area contributed by atoms with E-state index in [1.807, 2.05) is 0 Å². The standard InChI is InChI=1S/C28H37N3O/c1-22(2)30-21-31(24-13-7-4-8-14-24)28(27(30)32)17-19-29(20-18-28)26-16-10-9-15-25(26)23-11-5-3-6-12-23/h3-8,11-14,22,25-26H,9-10,15-21H2,1-2H3. The molecule has 3 aliphatic rings. The van der Waals surface area contributed by atoms with Gasteiger partial charge in [0.2, 0.25) is 5.91 Å². The van der Waals surface area contributed by atoms with Gasteiger partial charge < -0.3 is 9.80 Å².